The van der Waals surface area contributed by atoms with Crippen molar-refractivity contribution >= 4 is 27.5 Å². The number of aliphatic hydroxyl groups is 2. The molecule has 0 saturated heterocycles. The number of carbonyl (C=O) groups is 2. The third kappa shape index (κ3) is 2.14. The van der Waals surface area contributed by atoms with E-state index in [0.29, 0.717) is 12.8 Å². The number of fused-ring (bicyclic) bond motifs is 5. The summed E-state index contributed by atoms with van der Waals surface area (Å²) in [6.07, 6.45) is 7.12. The van der Waals surface area contributed by atoms with Gasteiger partial charge in [-0.3, -0.25) is 9.59 Å². The van der Waals surface area contributed by atoms with Crippen LogP contribution in [-0.2, 0) is 9.59 Å². The second-order valence-corrected chi connectivity index (χ2v) is 10.4. The number of carbonyl (C=O) groups excluding carboxylic acids is 2. The van der Waals surface area contributed by atoms with E-state index in [4.69, 9.17) is 0 Å². The highest BCUT2D eigenvalue weighted by atomic mass is 79.9. The predicted octanol–water partition coefficient (Wildman–Crippen LogP) is 2.96. The third-order valence-electron chi connectivity index (χ3n) is 8.22. The number of rotatable bonds is 1. The monoisotopic (exact) mass is 422 g/mol. The zero-order valence-corrected chi connectivity index (χ0v) is 17.1. The number of aliphatic hydroxyl groups excluding tert-OH is 1. The summed E-state index contributed by atoms with van der Waals surface area (Å²) in [5.74, 6) is 0.113. The van der Waals surface area contributed by atoms with Gasteiger partial charge in [-0.25, -0.2) is 0 Å². The third-order valence-corrected chi connectivity index (χ3v) is 9.15. The van der Waals surface area contributed by atoms with Crippen LogP contribution in [-0.4, -0.2) is 38.3 Å². The number of hydrogen-bond acceptors (Lipinski definition) is 4. The topological polar surface area (TPSA) is 74.6 Å². The van der Waals surface area contributed by atoms with Crippen LogP contribution in [0.3, 0.4) is 0 Å². The van der Waals surface area contributed by atoms with Crippen molar-refractivity contribution in [2.45, 2.75) is 63.0 Å². The van der Waals surface area contributed by atoms with E-state index >= 15 is 0 Å². The Labute approximate surface area is 162 Å². The molecule has 0 bridgehead atoms. The maximum Gasteiger partial charge on any atom is 0.178 e. The van der Waals surface area contributed by atoms with Gasteiger partial charge in [0.2, 0.25) is 0 Å². The molecule has 0 aliphatic heterocycles. The summed E-state index contributed by atoms with van der Waals surface area (Å²) >= 11 is 3.85. The number of ketones is 2. The van der Waals surface area contributed by atoms with Gasteiger partial charge in [0.05, 0.1) is 6.10 Å². The molecular formula is C21H27BrO4. The molecule has 0 spiro atoms. The average molecular weight is 423 g/mol. The number of allylic oxidation sites excluding steroid dienone is 4. The molecule has 3 fully saturated rings. The first kappa shape index (κ1) is 18.6. The van der Waals surface area contributed by atoms with Crippen LogP contribution >= 0.6 is 15.9 Å². The lowest BCUT2D eigenvalue weighted by Crippen LogP contribution is -2.62. The average Bonchev–Trinajstić information content (AvgIpc) is 2.81. The minimum absolute atomic E-state index is 0.0117. The Kier molecular flexibility index (Phi) is 4.01. The summed E-state index contributed by atoms with van der Waals surface area (Å²) in [5.41, 5.74) is -1.24. The van der Waals surface area contributed by atoms with E-state index in [2.05, 4.69) is 22.9 Å². The first-order valence-electron chi connectivity index (χ1n) is 9.54. The molecule has 4 aliphatic carbocycles. The minimum Gasteiger partial charge on any atom is -0.393 e. The summed E-state index contributed by atoms with van der Waals surface area (Å²) in [6, 6.07) is 0. The van der Waals surface area contributed by atoms with Gasteiger partial charge in [0.15, 0.2) is 11.6 Å². The molecule has 0 radical (unpaired) electrons. The molecule has 2 N–H and O–H groups in total. The van der Waals surface area contributed by atoms with Gasteiger partial charge >= 0.3 is 0 Å². The van der Waals surface area contributed by atoms with Crippen LogP contribution in [0.25, 0.3) is 0 Å². The van der Waals surface area contributed by atoms with Crippen LogP contribution in [0, 0.1) is 28.6 Å². The summed E-state index contributed by atoms with van der Waals surface area (Å²) in [4.78, 5) is 24.3. The van der Waals surface area contributed by atoms with Crippen molar-refractivity contribution in [3.63, 3.8) is 0 Å². The molecule has 5 heteroatoms. The predicted molar refractivity (Wildman–Crippen MR) is 102 cm³/mol. The quantitative estimate of drug-likeness (QED) is 0.636. The van der Waals surface area contributed by atoms with Crippen molar-refractivity contribution < 1.29 is 19.8 Å². The van der Waals surface area contributed by atoms with E-state index in [9.17, 15) is 19.8 Å². The Morgan fingerprint density at radius 1 is 1.35 bits per heavy atom. The van der Waals surface area contributed by atoms with E-state index in [1.165, 1.54) is 6.92 Å². The van der Waals surface area contributed by atoms with Gasteiger partial charge < -0.3 is 10.2 Å². The fourth-order valence-corrected chi connectivity index (χ4v) is 7.87. The molecule has 0 heterocycles. The van der Waals surface area contributed by atoms with Gasteiger partial charge in [-0.1, -0.05) is 41.4 Å². The largest absolute Gasteiger partial charge is 0.393 e. The van der Waals surface area contributed by atoms with E-state index < -0.39 is 17.1 Å². The molecule has 0 amide bonds. The normalized spacial score (nSPS) is 52.8. The maximum absolute atomic E-state index is 12.3. The highest BCUT2D eigenvalue weighted by molar-refractivity contribution is 9.09. The molecule has 4 rings (SSSR count). The van der Waals surface area contributed by atoms with Crippen molar-refractivity contribution in [1.29, 1.82) is 0 Å². The molecular weight excluding hydrogens is 396 g/mol. The lowest BCUT2D eigenvalue weighted by molar-refractivity contribution is -0.174. The van der Waals surface area contributed by atoms with Crippen molar-refractivity contribution in [3.05, 3.63) is 23.8 Å². The van der Waals surface area contributed by atoms with Gasteiger partial charge in [0, 0.05) is 21.6 Å². The van der Waals surface area contributed by atoms with Crippen molar-refractivity contribution in [3.8, 4) is 0 Å². The van der Waals surface area contributed by atoms with E-state index in [-0.39, 0.29) is 39.6 Å². The van der Waals surface area contributed by atoms with Gasteiger partial charge in [-0.05, 0) is 56.6 Å². The first-order chi connectivity index (χ1) is 12.0. The molecule has 4 nitrogen and oxygen atoms in total. The Hall–Kier alpha value is -0.780. The second-order valence-electron chi connectivity index (χ2n) is 9.26. The summed E-state index contributed by atoms with van der Waals surface area (Å²) in [5, 5.41) is 22.4. The van der Waals surface area contributed by atoms with Gasteiger partial charge in [-0.15, -0.1) is 0 Å². The van der Waals surface area contributed by atoms with Crippen LogP contribution < -0.4 is 0 Å². The lowest BCUT2D eigenvalue weighted by Gasteiger charge is -2.60. The molecule has 26 heavy (non-hydrogen) atoms. The number of alkyl halides is 1. The zero-order valence-electron chi connectivity index (χ0n) is 15.5. The Balaban J connectivity index is 1.81. The molecule has 3 saturated carbocycles. The van der Waals surface area contributed by atoms with Crippen molar-refractivity contribution in [2.24, 2.45) is 28.6 Å². The number of hydrogen-bond donors (Lipinski definition) is 2. The lowest BCUT2D eigenvalue weighted by atomic mass is 9.46. The minimum atomic E-state index is -1.36. The number of Topliss-reactive ketones (excluding diaryl/α,β-unsaturated/α-hetero) is 1. The van der Waals surface area contributed by atoms with Crippen LogP contribution in [0.1, 0.15) is 46.5 Å². The van der Waals surface area contributed by atoms with Crippen LogP contribution in [0.2, 0.25) is 0 Å². The smallest absolute Gasteiger partial charge is 0.178 e. The fraction of sp³-hybridized carbons (Fsp3) is 0.714. The van der Waals surface area contributed by atoms with E-state index in [1.807, 2.05) is 13.0 Å². The second kappa shape index (κ2) is 5.62. The van der Waals surface area contributed by atoms with E-state index in [1.54, 1.807) is 12.2 Å². The van der Waals surface area contributed by atoms with Crippen molar-refractivity contribution in [2.75, 3.05) is 0 Å². The van der Waals surface area contributed by atoms with Crippen molar-refractivity contribution in [1.82, 2.24) is 0 Å². The Bertz CT molecular complexity index is 742. The molecule has 0 aromatic heterocycles. The highest BCUT2D eigenvalue weighted by Crippen LogP contribution is 2.67. The Morgan fingerprint density at radius 3 is 2.69 bits per heavy atom. The summed E-state index contributed by atoms with van der Waals surface area (Å²) in [7, 11) is 0. The van der Waals surface area contributed by atoms with Crippen LogP contribution in [0.4, 0.5) is 0 Å². The molecule has 0 aromatic rings. The zero-order chi connectivity index (χ0) is 19.1. The highest BCUT2D eigenvalue weighted by Gasteiger charge is 2.68. The summed E-state index contributed by atoms with van der Waals surface area (Å²) < 4.78 is 0. The molecule has 142 valence electrons. The summed E-state index contributed by atoms with van der Waals surface area (Å²) in [6.45, 7) is 5.58. The first-order valence-corrected chi connectivity index (χ1v) is 10.5. The molecule has 8 atom stereocenters. The maximum atomic E-state index is 12.3. The van der Waals surface area contributed by atoms with Gasteiger partial charge in [0.1, 0.15) is 5.60 Å². The molecule has 0 aromatic carbocycles. The standard InChI is InChI=1S/C21H27BrO4/c1-11(23)21(26)7-5-14-17-15(22)9-12-8-13(24)4-6-19(12,2)18(17)16(25)10-20(14,21)3/h4,6,8,14-18,25-26H,5,7,9-10H2,1-3H3/t14-,15+,16-,17+,18-,19-,20-,21-/m0/s1. The van der Waals surface area contributed by atoms with E-state index in [0.717, 1.165) is 18.4 Å². The Morgan fingerprint density at radius 2 is 2.04 bits per heavy atom. The molecule has 4 aliphatic rings. The SMILES string of the molecule is CC(=O)[C@@]1(O)CC[C@H]2[C@H]3[C@H]([C@@H](O)C[C@@]21C)[C@@]1(C)C=CC(=O)C=C1C[C@H]3Br. The van der Waals surface area contributed by atoms with Crippen LogP contribution in [0.15, 0.2) is 23.8 Å². The fourth-order valence-electron chi connectivity index (χ4n) is 6.82. The van der Waals surface area contributed by atoms with Crippen LogP contribution in [0.5, 0.6) is 0 Å². The van der Waals surface area contributed by atoms with Gasteiger partial charge in [-0.2, -0.15) is 0 Å². The molecule has 0 unspecified atom stereocenters. The van der Waals surface area contributed by atoms with Gasteiger partial charge in [0.25, 0.3) is 0 Å². The number of halogens is 1.